The molecule has 1 heterocycles. The molecule has 9 heteroatoms. The first-order valence-electron chi connectivity index (χ1n) is 12.5. The smallest absolute Gasteiger partial charge is 0.319 e. The molecule has 9 nitrogen and oxygen atoms in total. The lowest BCUT2D eigenvalue weighted by atomic mass is 9.98. The molecule has 194 valence electrons. The van der Waals surface area contributed by atoms with Crippen LogP contribution in [0.15, 0.2) is 42.5 Å². The highest BCUT2D eigenvalue weighted by atomic mass is 16.5. The summed E-state index contributed by atoms with van der Waals surface area (Å²) < 4.78 is 11.1. The summed E-state index contributed by atoms with van der Waals surface area (Å²) in [5.41, 5.74) is 2.25. The Kier molecular flexibility index (Phi) is 9.97. The van der Waals surface area contributed by atoms with Crippen LogP contribution in [-0.2, 0) is 4.79 Å². The Hall–Kier alpha value is -3.75. The fourth-order valence-electron chi connectivity index (χ4n) is 4.07. The molecular formula is C27H36N4O5. The van der Waals surface area contributed by atoms with E-state index in [4.69, 9.17) is 9.47 Å². The third-order valence-electron chi connectivity index (χ3n) is 5.94. The number of hydrogen-bond acceptors (Lipinski definition) is 5. The van der Waals surface area contributed by atoms with Crippen molar-refractivity contribution < 1.29 is 23.9 Å². The molecule has 2 aromatic carbocycles. The maximum Gasteiger partial charge on any atom is 0.319 e. The number of benzene rings is 2. The van der Waals surface area contributed by atoms with Crippen molar-refractivity contribution >= 4 is 23.5 Å². The average Bonchev–Trinajstić information content (AvgIpc) is 2.88. The molecule has 1 saturated heterocycles. The molecule has 0 radical (unpaired) electrons. The molecule has 3 N–H and O–H groups in total. The number of amides is 4. The third-order valence-corrected chi connectivity index (χ3v) is 5.94. The summed E-state index contributed by atoms with van der Waals surface area (Å²) in [5.74, 6) is 0.731. The Morgan fingerprint density at radius 3 is 2.42 bits per heavy atom. The van der Waals surface area contributed by atoms with E-state index in [1.807, 2.05) is 45.0 Å². The van der Waals surface area contributed by atoms with Gasteiger partial charge in [0.15, 0.2) is 11.5 Å². The van der Waals surface area contributed by atoms with E-state index < -0.39 is 0 Å². The lowest BCUT2D eigenvalue weighted by Crippen LogP contribution is -2.47. The largest absolute Gasteiger partial charge is 0.490 e. The summed E-state index contributed by atoms with van der Waals surface area (Å²) in [4.78, 5) is 39.4. The van der Waals surface area contributed by atoms with Gasteiger partial charge in [-0.1, -0.05) is 17.7 Å². The number of nitrogens with one attached hydrogen (secondary N) is 3. The molecule has 36 heavy (non-hydrogen) atoms. The summed E-state index contributed by atoms with van der Waals surface area (Å²) in [6.07, 6.45) is 1.77. The number of nitrogens with zero attached hydrogens (tertiary/aromatic N) is 1. The maximum absolute atomic E-state index is 12.8. The summed E-state index contributed by atoms with van der Waals surface area (Å²) in [6.45, 7) is 8.22. The van der Waals surface area contributed by atoms with Crippen molar-refractivity contribution in [2.45, 2.75) is 33.6 Å². The highest BCUT2D eigenvalue weighted by Gasteiger charge is 2.24. The Morgan fingerprint density at radius 2 is 1.69 bits per heavy atom. The number of ether oxygens (including phenoxy) is 2. The normalized spacial score (nSPS) is 15.1. The van der Waals surface area contributed by atoms with E-state index in [1.165, 1.54) is 0 Å². The van der Waals surface area contributed by atoms with Crippen molar-refractivity contribution in [1.82, 2.24) is 15.5 Å². The number of carbonyl (C=O) groups is 3. The highest BCUT2D eigenvalue weighted by Crippen LogP contribution is 2.28. The van der Waals surface area contributed by atoms with Crippen molar-refractivity contribution in [2.75, 3.05) is 44.7 Å². The maximum atomic E-state index is 12.8. The SMILES string of the molecule is CCOc1ccc(C(=O)NCC(=O)N2CCCC(CNC(=O)Nc3ccc(C)cc3)C2)cc1OCC. The van der Waals surface area contributed by atoms with Gasteiger partial charge >= 0.3 is 6.03 Å². The highest BCUT2D eigenvalue weighted by molar-refractivity contribution is 5.97. The minimum absolute atomic E-state index is 0.0932. The minimum atomic E-state index is -0.352. The molecule has 1 atom stereocenters. The molecule has 4 amide bonds. The van der Waals surface area contributed by atoms with E-state index in [9.17, 15) is 14.4 Å². The van der Waals surface area contributed by atoms with E-state index in [0.717, 1.165) is 24.1 Å². The zero-order valence-electron chi connectivity index (χ0n) is 21.3. The average molecular weight is 497 g/mol. The van der Waals surface area contributed by atoms with Gasteiger partial charge in [-0.25, -0.2) is 4.79 Å². The van der Waals surface area contributed by atoms with Gasteiger partial charge in [0.25, 0.3) is 5.91 Å². The lowest BCUT2D eigenvalue weighted by Gasteiger charge is -2.33. The number of rotatable bonds is 10. The Bertz CT molecular complexity index is 1040. The Balaban J connectivity index is 1.45. The molecule has 1 unspecified atom stereocenters. The summed E-state index contributed by atoms with van der Waals surface area (Å²) in [7, 11) is 0. The molecule has 0 saturated carbocycles. The fraction of sp³-hybridized carbons (Fsp3) is 0.444. The molecule has 0 aromatic heterocycles. The van der Waals surface area contributed by atoms with Crippen molar-refractivity contribution in [3.63, 3.8) is 0 Å². The van der Waals surface area contributed by atoms with Crippen LogP contribution in [0.1, 0.15) is 42.6 Å². The van der Waals surface area contributed by atoms with Gasteiger partial charge in [0, 0.05) is 30.9 Å². The zero-order valence-corrected chi connectivity index (χ0v) is 21.3. The van der Waals surface area contributed by atoms with Crippen LogP contribution in [0.4, 0.5) is 10.5 Å². The van der Waals surface area contributed by atoms with Crippen molar-refractivity contribution in [3.8, 4) is 11.5 Å². The molecule has 1 fully saturated rings. The van der Waals surface area contributed by atoms with Crippen LogP contribution in [0, 0.1) is 12.8 Å². The second-order valence-electron chi connectivity index (χ2n) is 8.76. The van der Waals surface area contributed by atoms with Gasteiger partial charge in [0.2, 0.25) is 5.91 Å². The molecule has 0 aliphatic carbocycles. The van der Waals surface area contributed by atoms with Gasteiger partial charge in [0.1, 0.15) is 0 Å². The van der Waals surface area contributed by atoms with E-state index >= 15 is 0 Å². The lowest BCUT2D eigenvalue weighted by molar-refractivity contribution is -0.131. The first-order valence-corrected chi connectivity index (χ1v) is 12.5. The summed E-state index contributed by atoms with van der Waals surface area (Å²) >= 11 is 0. The van der Waals surface area contributed by atoms with E-state index in [2.05, 4.69) is 16.0 Å². The van der Waals surface area contributed by atoms with Gasteiger partial charge in [-0.2, -0.15) is 0 Å². The first kappa shape index (κ1) is 26.8. The topological polar surface area (TPSA) is 109 Å². The number of piperidine rings is 1. The molecule has 0 bridgehead atoms. The predicted octanol–water partition coefficient (Wildman–Crippen LogP) is 3.58. The van der Waals surface area contributed by atoms with Crippen LogP contribution < -0.4 is 25.4 Å². The van der Waals surface area contributed by atoms with Crippen LogP contribution in [0.3, 0.4) is 0 Å². The van der Waals surface area contributed by atoms with Crippen LogP contribution in [0.2, 0.25) is 0 Å². The number of aryl methyl sites for hydroxylation is 1. The second-order valence-corrected chi connectivity index (χ2v) is 8.76. The predicted molar refractivity (Wildman–Crippen MR) is 139 cm³/mol. The van der Waals surface area contributed by atoms with Gasteiger partial charge in [-0.05, 0) is 69.9 Å². The van der Waals surface area contributed by atoms with Gasteiger partial charge in [0.05, 0.1) is 19.8 Å². The molecule has 1 aliphatic heterocycles. The van der Waals surface area contributed by atoms with Crippen LogP contribution in [0.5, 0.6) is 11.5 Å². The first-order chi connectivity index (χ1) is 17.4. The Labute approximate surface area is 212 Å². The summed E-state index contributed by atoms with van der Waals surface area (Å²) in [5, 5.41) is 8.42. The monoisotopic (exact) mass is 496 g/mol. The second kappa shape index (κ2) is 13.4. The standard InChI is InChI=1S/C27H36N4O5/c1-4-35-23-13-10-21(15-24(23)36-5-2)26(33)28-17-25(32)31-14-6-7-20(18-31)16-29-27(34)30-22-11-8-19(3)9-12-22/h8-13,15,20H,4-7,14,16-18H2,1-3H3,(H,28,33)(H2,29,30,34). The molecule has 3 rings (SSSR count). The van der Waals surface area contributed by atoms with Crippen molar-refractivity contribution in [3.05, 3.63) is 53.6 Å². The number of hydrogen-bond donors (Lipinski definition) is 3. The van der Waals surface area contributed by atoms with Crippen LogP contribution >= 0.6 is 0 Å². The molecule has 2 aromatic rings. The summed E-state index contributed by atoms with van der Waals surface area (Å²) in [6, 6.07) is 12.3. The number of anilines is 1. The van der Waals surface area contributed by atoms with E-state index in [-0.39, 0.29) is 30.3 Å². The van der Waals surface area contributed by atoms with Crippen LogP contribution in [0.25, 0.3) is 0 Å². The quantitative estimate of drug-likeness (QED) is 0.466. The minimum Gasteiger partial charge on any atom is -0.490 e. The Morgan fingerprint density at radius 1 is 0.972 bits per heavy atom. The van der Waals surface area contributed by atoms with Gasteiger partial charge in [-0.3, -0.25) is 9.59 Å². The molecule has 1 aliphatic rings. The number of urea groups is 1. The fourth-order valence-corrected chi connectivity index (χ4v) is 4.07. The number of carbonyl (C=O) groups excluding carboxylic acids is 3. The zero-order chi connectivity index (χ0) is 25.9. The van der Waals surface area contributed by atoms with Crippen LogP contribution in [-0.4, -0.2) is 62.1 Å². The number of likely N-dealkylation sites (tertiary alicyclic amines) is 1. The molecule has 0 spiro atoms. The van der Waals surface area contributed by atoms with Crippen molar-refractivity contribution in [1.29, 1.82) is 0 Å². The van der Waals surface area contributed by atoms with Gasteiger partial charge in [-0.15, -0.1) is 0 Å². The van der Waals surface area contributed by atoms with E-state index in [0.29, 0.717) is 49.9 Å². The van der Waals surface area contributed by atoms with Gasteiger partial charge < -0.3 is 30.3 Å². The molecular weight excluding hydrogens is 460 g/mol. The third kappa shape index (κ3) is 7.90. The van der Waals surface area contributed by atoms with E-state index in [1.54, 1.807) is 23.1 Å². The van der Waals surface area contributed by atoms with Crippen molar-refractivity contribution in [2.24, 2.45) is 5.92 Å².